The van der Waals surface area contributed by atoms with Crippen molar-refractivity contribution in [2.24, 2.45) is 5.73 Å². The molecule has 0 aliphatic heterocycles. The third kappa shape index (κ3) is 3.37. The Balaban J connectivity index is 0.00000200. The number of H-pyrrole nitrogens is 1. The molecule has 0 saturated heterocycles. The van der Waals surface area contributed by atoms with Crippen LogP contribution < -0.4 is 11.1 Å². The molecule has 5 nitrogen and oxygen atoms in total. The summed E-state index contributed by atoms with van der Waals surface area (Å²) in [6, 6.07) is 9.19. The molecule has 0 bridgehead atoms. The monoisotopic (exact) mass is 294 g/mol. The van der Waals surface area contributed by atoms with Crippen molar-refractivity contribution in [3.63, 3.8) is 0 Å². The van der Waals surface area contributed by atoms with Crippen molar-refractivity contribution in [2.75, 3.05) is 0 Å². The average molecular weight is 295 g/mol. The van der Waals surface area contributed by atoms with E-state index in [0.29, 0.717) is 0 Å². The van der Waals surface area contributed by atoms with Gasteiger partial charge in [0.1, 0.15) is 5.54 Å². The van der Waals surface area contributed by atoms with Gasteiger partial charge in [0.15, 0.2) is 0 Å². The second-order valence-corrected chi connectivity index (χ2v) is 4.80. The van der Waals surface area contributed by atoms with E-state index >= 15 is 0 Å². The van der Waals surface area contributed by atoms with Crippen molar-refractivity contribution in [1.82, 2.24) is 15.5 Å². The number of nitrogens with two attached hydrogens (primary N) is 1. The van der Waals surface area contributed by atoms with Gasteiger partial charge in [-0.3, -0.25) is 9.89 Å². The van der Waals surface area contributed by atoms with Gasteiger partial charge in [0.05, 0.1) is 12.2 Å². The number of halogens is 1. The van der Waals surface area contributed by atoms with Gasteiger partial charge in [-0.2, -0.15) is 5.10 Å². The number of hydrogen-bond acceptors (Lipinski definition) is 3. The van der Waals surface area contributed by atoms with Crippen LogP contribution in [0.15, 0.2) is 42.7 Å². The van der Waals surface area contributed by atoms with Gasteiger partial charge in [0.25, 0.3) is 0 Å². The first-order chi connectivity index (χ1) is 9.01. The molecule has 0 aliphatic carbocycles. The second kappa shape index (κ2) is 6.54. The molecule has 2 aromatic rings. The first kappa shape index (κ1) is 16.2. The van der Waals surface area contributed by atoms with Crippen molar-refractivity contribution in [3.05, 3.63) is 53.9 Å². The van der Waals surface area contributed by atoms with E-state index in [1.807, 2.05) is 37.3 Å². The lowest BCUT2D eigenvalue weighted by Crippen LogP contribution is -2.49. The van der Waals surface area contributed by atoms with Crippen LogP contribution in [0.2, 0.25) is 0 Å². The Labute approximate surface area is 124 Å². The van der Waals surface area contributed by atoms with E-state index < -0.39 is 5.54 Å². The molecule has 0 aliphatic rings. The van der Waals surface area contributed by atoms with Crippen LogP contribution in [-0.4, -0.2) is 16.1 Å². The van der Waals surface area contributed by atoms with Gasteiger partial charge >= 0.3 is 0 Å². The summed E-state index contributed by atoms with van der Waals surface area (Å²) in [5.74, 6) is -0.215. The van der Waals surface area contributed by atoms with Gasteiger partial charge in [-0.25, -0.2) is 0 Å². The molecular weight excluding hydrogens is 276 g/mol. The number of aromatic nitrogens is 2. The summed E-state index contributed by atoms with van der Waals surface area (Å²) in [7, 11) is 0. The summed E-state index contributed by atoms with van der Waals surface area (Å²) in [5.41, 5.74) is 6.79. The lowest BCUT2D eigenvalue weighted by atomic mass is 9.92. The summed E-state index contributed by atoms with van der Waals surface area (Å²) < 4.78 is 0. The second-order valence-electron chi connectivity index (χ2n) is 4.80. The predicted molar refractivity (Wildman–Crippen MR) is 80.4 cm³/mol. The van der Waals surface area contributed by atoms with Crippen LogP contribution in [0.1, 0.15) is 31.0 Å². The van der Waals surface area contributed by atoms with Crippen LogP contribution in [0.5, 0.6) is 0 Å². The van der Waals surface area contributed by atoms with Gasteiger partial charge in [0, 0.05) is 11.8 Å². The largest absolute Gasteiger partial charge is 0.348 e. The Kier molecular flexibility index (Phi) is 5.30. The third-order valence-electron chi connectivity index (χ3n) is 3.21. The van der Waals surface area contributed by atoms with Crippen LogP contribution in [-0.2, 0) is 10.3 Å². The standard InChI is InChI=1S/C14H18N4O.ClH/c1-10(11-8-16-17-9-11)18-13(19)14(2,15)12-6-4-3-5-7-12;/h3-10H,15H2,1-2H3,(H,16,17)(H,18,19);1H. The topological polar surface area (TPSA) is 83.8 Å². The lowest BCUT2D eigenvalue weighted by molar-refractivity contribution is -0.126. The lowest BCUT2D eigenvalue weighted by Gasteiger charge is -2.26. The number of carbonyl (C=O) groups is 1. The number of nitrogens with one attached hydrogen (secondary N) is 2. The Morgan fingerprint density at radius 3 is 2.60 bits per heavy atom. The molecule has 20 heavy (non-hydrogen) atoms. The van der Waals surface area contributed by atoms with Crippen molar-refractivity contribution >= 4 is 18.3 Å². The minimum Gasteiger partial charge on any atom is -0.348 e. The molecule has 108 valence electrons. The normalized spacial score (nSPS) is 14.8. The van der Waals surface area contributed by atoms with Gasteiger partial charge in [-0.15, -0.1) is 12.4 Å². The zero-order valence-electron chi connectivity index (χ0n) is 11.5. The van der Waals surface area contributed by atoms with E-state index in [1.54, 1.807) is 19.3 Å². The van der Waals surface area contributed by atoms with Crippen LogP contribution in [0, 0.1) is 0 Å². The van der Waals surface area contributed by atoms with Gasteiger partial charge in [-0.1, -0.05) is 30.3 Å². The first-order valence-electron chi connectivity index (χ1n) is 6.16. The summed E-state index contributed by atoms with van der Waals surface area (Å²) in [6.45, 7) is 3.60. The fraction of sp³-hybridized carbons (Fsp3) is 0.286. The predicted octanol–water partition coefficient (Wildman–Crippen LogP) is 1.88. The number of benzene rings is 1. The molecular formula is C14H19ClN4O. The number of hydrogen-bond donors (Lipinski definition) is 3. The zero-order valence-corrected chi connectivity index (χ0v) is 12.3. The van der Waals surface area contributed by atoms with E-state index in [4.69, 9.17) is 5.73 Å². The molecule has 0 spiro atoms. The van der Waals surface area contributed by atoms with Gasteiger partial charge in [-0.05, 0) is 19.4 Å². The Morgan fingerprint density at radius 2 is 2.05 bits per heavy atom. The number of rotatable bonds is 4. The molecule has 0 fully saturated rings. The Morgan fingerprint density at radius 1 is 1.40 bits per heavy atom. The zero-order chi connectivity index (χ0) is 13.9. The smallest absolute Gasteiger partial charge is 0.244 e. The fourth-order valence-electron chi connectivity index (χ4n) is 1.84. The van der Waals surface area contributed by atoms with E-state index in [9.17, 15) is 4.79 Å². The highest BCUT2D eigenvalue weighted by molar-refractivity contribution is 5.87. The number of nitrogens with zero attached hydrogens (tertiary/aromatic N) is 1. The molecule has 1 amide bonds. The van der Waals surface area contributed by atoms with Crippen molar-refractivity contribution in [1.29, 1.82) is 0 Å². The van der Waals surface area contributed by atoms with Crippen LogP contribution in [0.4, 0.5) is 0 Å². The Bertz CT molecular complexity index is 540. The molecule has 1 heterocycles. The summed E-state index contributed by atoms with van der Waals surface area (Å²) in [6.07, 6.45) is 3.43. The number of amides is 1. The molecule has 1 aromatic carbocycles. The summed E-state index contributed by atoms with van der Waals surface area (Å²) >= 11 is 0. The molecule has 6 heteroatoms. The number of aromatic amines is 1. The minimum absolute atomic E-state index is 0. The fourth-order valence-corrected chi connectivity index (χ4v) is 1.84. The molecule has 2 rings (SSSR count). The van der Waals surface area contributed by atoms with E-state index in [2.05, 4.69) is 15.5 Å². The average Bonchev–Trinajstić information content (AvgIpc) is 2.93. The molecule has 0 radical (unpaired) electrons. The van der Waals surface area contributed by atoms with Crippen LogP contribution in [0.3, 0.4) is 0 Å². The molecule has 2 unspecified atom stereocenters. The SMILES string of the molecule is CC(NC(=O)C(C)(N)c1ccccc1)c1cn[nH]c1.Cl. The summed E-state index contributed by atoms with van der Waals surface area (Å²) in [5, 5.41) is 9.48. The van der Waals surface area contributed by atoms with Crippen molar-refractivity contribution < 1.29 is 4.79 Å². The highest BCUT2D eigenvalue weighted by Gasteiger charge is 2.31. The van der Waals surface area contributed by atoms with Crippen LogP contribution in [0.25, 0.3) is 0 Å². The molecule has 1 aromatic heterocycles. The minimum atomic E-state index is -1.06. The van der Waals surface area contributed by atoms with Crippen LogP contribution >= 0.6 is 12.4 Å². The molecule has 4 N–H and O–H groups in total. The van der Waals surface area contributed by atoms with E-state index in [0.717, 1.165) is 11.1 Å². The van der Waals surface area contributed by atoms with E-state index in [1.165, 1.54) is 0 Å². The van der Waals surface area contributed by atoms with Gasteiger partial charge < -0.3 is 11.1 Å². The number of carbonyl (C=O) groups excluding carboxylic acids is 1. The highest BCUT2D eigenvalue weighted by Crippen LogP contribution is 2.19. The van der Waals surface area contributed by atoms with Gasteiger partial charge in [0.2, 0.25) is 5.91 Å². The van der Waals surface area contributed by atoms with Crippen molar-refractivity contribution in [2.45, 2.75) is 25.4 Å². The maximum atomic E-state index is 12.3. The summed E-state index contributed by atoms with van der Waals surface area (Å²) in [4.78, 5) is 12.3. The Hall–Kier alpha value is -1.85. The maximum Gasteiger partial charge on any atom is 0.244 e. The first-order valence-corrected chi connectivity index (χ1v) is 6.16. The molecule has 0 saturated carbocycles. The quantitative estimate of drug-likeness (QED) is 0.805. The van der Waals surface area contributed by atoms with Crippen molar-refractivity contribution in [3.8, 4) is 0 Å². The molecule has 2 atom stereocenters. The third-order valence-corrected chi connectivity index (χ3v) is 3.21. The van der Waals surface area contributed by atoms with E-state index in [-0.39, 0.29) is 24.4 Å². The highest BCUT2D eigenvalue weighted by atomic mass is 35.5. The maximum absolute atomic E-state index is 12.3.